The average molecular weight is 423 g/mol. The quantitative estimate of drug-likeness (QED) is 0.518. The Morgan fingerprint density at radius 2 is 2.04 bits per heavy atom. The van der Waals surface area contributed by atoms with Gasteiger partial charge in [0.05, 0.1) is 29.3 Å². The van der Waals surface area contributed by atoms with Gasteiger partial charge in [-0.1, -0.05) is 17.7 Å². The van der Waals surface area contributed by atoms with Crippen LogP contribution < -0.4 is 4.74 Å². The summed E-state index contributed by atoms with van der Waals surface area (Å²) in [4.78, 5) is 12.6. The summed E-state index contributed by atoms with van der Waals surface area (Å²) in [5, 5.41) is 1.40. The Bertz CT molecular complexity index is 965. The number of methoxy groups -OCH3 is 1. The molecule has 0 aliphatic carbocycles. The molecule has 0 bridgehead atoms. The number of carbonyl (C=O) groups is 1. The molecule has 0 saturated carbocycles. The lowest BCUT2D eigenvalue weighted by molar-refractivity contribution is 0.0527. The van der Waals surface area contributed by atoms with Gasteiger partial charge < -0.3 is 14.0 Å². The zero-order valence-corrected chi connectivity index (χ0v) is 16.4. The van der Waals surface area contributed by atoms with Crippen LogP contribution in [0.25, 0.3) is 16.6 Å². The number of benzene rings is 2. The molecule has 0 amide bonds. The molecule has 0 N–H and O–H groups in total. The normalized spacial score (nSPS) is 10.9. The average Bonchev–Trinajstić information content (AvgIpc) is 2.85. The molecule has 0 spiro atoms. The van der Waals surface area contributed by atoms with Crippen LogP contribution in [0.2, 0.25) is 5.02 Å². The van der Waals surface area contributed by atoms with Crippen molar-refractivity contribution in [2.24, 2.45) is 0 Å². The highest BCUT2D eigenvalue weighted by Gasteiger charge is 2.23. The van der Waals surface area contributed by atoms with E-state index in [0.29, 0.717) is 22.9 Å². The molecule has 3 aromatic rings. The van der Waals surface area contributed by atoms with Gasteiger partial charge in [0.1, 0.15) is 5.75 Å². The molecule has 1 heterocycles. The van der Waals surface area contributed by atoms with Crippen LogP contribution in [0.5, 0.6) is 5.75 Å². The Hall–Kier alpha value is -1.98. The van der Waals surface area contributed by atoms with Crippen molar-refractivity contribution in [2.45, 2.75) is 13.8 Å². The van der Waals surface area contributed by atoms with Crippen molar-refractivity contribution >= 4 is 44.4 Å². The molecule has 25 heavy (non-hydrogen) atoms. The zero-order valence-electron chi connectivity index (χ0n) is 14.1. The van der Waals surface area contributed by atoms with Gasteiger partial charge in [0.15, 0.2) is 0 Å². The molecular weight excluding hydrogens is 406 g/mol. The minimum absolute atomic E-state index is 0.315. The molecule has 0 atom stereocenters. The molecule has 0 aliphatic rings. The number of hydrogen-bond acceptors (Lipinski definition) is 3. The highest BCUT2D eigenvalue weighted by atomic mass is 79.9. The molecule has 4 nitrogen and oxygen atoms in total. The van der Waals surface area contributed by atoms with Crippen LogP contribution >= 0.6 is 27.5 Å². The van der Waals surface area contributed by atoms with E-state index in [2.05, 4.69) is 15.9 Å². The number of ether oxygens (including phenoxy) is 2. The first-order valence-corrected chi connectivity index (χ1v) is 8.96. The number of carbonyl (C=O) groups excluding carboxylic acids is 1. The number of nitrogens with zero attached hydrogens (tertiary/aromatic N) is 1. The van der Waals surface area contributed by atoms with Gasteiger partial charge in [-0.2, -0.15) is 0 Å². The third kappa shape index (κ3) is 3.14. The van der Waals surface area contributed by atoms with Crippen LogP contribution in [0.3, 0.4) is 0 Å². The van der Waals surface area contributed by atoms with Gasteiger partial charge in [0.25, 0.3) is 0 Å². The lowest BCUT2D eigenvalue weighted by atomic mass is 10.1. The van der Waals surface area contributed by atoms with Crippen LogP contribution in [-0.4, -0.2) is 24.3 Å². The summed E-state index contributed by atoms with van der Waals surface area (Å²) >= 11 is 9.68. The largest absolute Gasteiger partial charge is 0.496 e. The van der Waals surface area contributed by atoms with Crippen LogP contribution in [0.1, 0.15) is 23.0 Å². The first-order chi connectivity index (χ1) is 12.0. The number of aromatic nitrogens is 1. The number of rotatable bonds is 4. The minimum atomic E-state index is -0.352. The smallest absolute Gasteiger partial charge is 0.340 e. The predicted molar refractivity (Wildman–Crippen MR) is 103 cm³/mol. The van der Waals surface area contributed by atoms with Crippen molar-refractivity contribution in [1.82, 2.24) is 4.57 Å². The van der Waals surface area contributed by atoms with Gasteiger partial charge in [0, 0.05) is 21.8 Å². The molecule has 1 aromatic heterocycles. The third-order valence-corrected chi connectivity index (χ3v) is 4.88. The zero-order chi connectivity index (χ0) is 18.1. The van der Waals surface area contributed by atoms with Crippen molar-refractivity contribution in [3.8, 4) is 11.4 Å². The first-order valence-electron chi connectivity index (χ1n) is 7.79. The molecule has 6 heteroatoms. The maximum Gasteiger partial charge on any atom is 0.340 e. The highest BCUT2D eigenvalue weighted by Crippen LogP contribution is 2.37. The summed E-state index contributed by atoms with van der Waals surface area (Å²) in [6, 6.07) is 11.3. The SMILES string of the molecule is CCOC(=O)c1c(C)n(-c2cccc(Cl)c2)c2cc(Br)c(OC)cc12. The summed E-state index contributed by atoms with van der Waals surface area (Å²) < 4.78 is 13.5. The molecule has 0 unspecified atom stereocenters. The predicted octanol–water partition coefficient (Wildman–Crippen LogP) is 5.54. The van der Waals surface area contributed by atoms with Gasteiger partial charge in [0.2, 0.25) is 0 Å². The van der Waals surface area contributed by atoms with Crippen LogP contribution in [0.15, 0.2) is 40.9 Å². The van der Waals surface area contributed by atoms with E-state index in [4.69, 9.17) is 21.1 Å². The van der Waals surface area contributed by atoms with Crippen molar-refractivity contribution in [2.75, 3.05) is 13.7 Å². The number of fused-ring (bicyclic) bond motifs is 1. The maximum atomic E-state index is 12.6. The summed E-state index contributed by atoms with van der Waals surface area (Å²) in [6.45, 7) is 4.00. The second-order valence-corrected chi connectivity index (χ2v) is 6.79. The second kappa shape index (κ2) is 7.10. The van der Waals surface area contributed by atoms with E-state index >= 15 is 0 Å². The van der Waals surface area contributed by atoms with Crippen LogP contribution in [0, 0.1) is 6.92 Å². The monoisotopic (exact) mass is 421 g/mol. The van der Waals surface area contributed by atoms with Crippen molar-refractivity contribution < 1.29 is 14.3 Å². The maximum absolute atomic E-state index is 12.6. The van der Waals surface area contributed by atoms with Crippen LogP contribution in [-0.2, 0) is 4.74 Å². The van der Waals surface area contributed by atoms with E-state index in [0.717, 1.165) is 26.8 Å². The van der Waals surface area contributed by atoms with Gasteiger partial charge in [-0.25, -0.2) is 4.79 Å². The molecule has 0 saturated heterocycles. The molecular formula is C19H17BrClNO3. The molecule has 3 rings (SSSR count). The molecule has 0 fully saturated rings. The third-order valence-electron chi connectivity index (χ3n) is 4.02. The standard InChI is InChI=1S/C19H17BrClNO3/c1-4-25-19(23)18-11(2)22(13-7-5-6-12(21)8-13)16-10-15(20)17(24-3)9-14(16)18/h5-10H,4H2,1-3H3. The Morgan fingerprint density at radius 1 is 1.28 bits per heavy atom. The molecule has 2 aromatic carbocycles. The van der Waals surface area contributed by atoms with Gasteiger partial charge >= 0.3 is 5.97 Å². The Morgan fingerprint density at radius 3 is 2.68 bits per heavy atom. The van der Waals surface area contributed by atoms with Gasteiger partial charge in [-0.3, -0.25) is 0 Å². The molecule has 0 aliphatic heterocycles. The topological polar surface area (TPSA) is 40.5 Å². The number of halogens is 2. The Balaban J connectivity index is 2.39. The van der Waals surface area contributed by atoms with E-state index in [1.165, 1.54) is 0 Å². The lowest BCUT2D eigenvalue weighted by Gasteiger charge is -2.10. The van der Waals surface area contributed by atoms with Crippen molar-refractivity contribution in [3.63, 3.8) is 0 Å². The number of hydrogen-bond donors (Lipinski definition) is 0. The number of esters is 1. The van der Waals surface area contributed by atoms with E-state index in [-0.39, 0.29) is 5.97 Å². The van der Waals surface area contributed by atoms with Crippen molar-refractivity contribution in [3.05, 3.63) is 57.2 Å². The van der Waals surface area contributed by atoms with E-state index < -0.39 is 0 Å². The molecule has 130 valence electrons. The minimum Gasteiger partial charge on any atom is -0.496 e. The fourth-order valence-electron chi connectivity index (χ4n) is 2.98. The first kappa shape index (κ1) is 17.8. The fraction of sp³-hybridized carbons (Fsp3) is 0.211. The fourth-order valence-corrected chi connectivity index (χ4v) is 3.66. The second-order valence-electron chi connectivity index (χ2n) is 5.50. The van der Waals surface area contributed by atoms with Gasteiger partial charge in [-0.05, 0) is 60.1 Å². The van der Waals surface area contributed by atoms with Crippen LogP contribution in [0.4, 0.5) is 0 Å². The highest BCUT2D eigenvalue weighted by molar-refractivity contribution is 9.10. The summed E-state index contributed by atoms with van der Waals surface area (Å²) in [5.41, 5.74) is 3.07. The lowest BCUT2D eigenvalue weighted by Crippen LogP contribution is -2.07. The van der Waals surface area contributed by atoms with E-state index in [9.17, 15) is 4.79 Å². The summed E-state index contributed by atoms with van der Waals surface area (Å²) in [6.07, 6.45) is 0. The summed E-state index contributed by atoms with van der Waals surface area (Å²) in [5.74, 6) is 0.302. The van der Waals surface area contributed by atoms with Crippen molar-refractivity contribution in [1.29, 1.82) is 0 Å². The Labute approximate surface area is 159 Å². The van der Waals surface area contributed by atoms with Gasteiger partial charge in [-0.15, -0.1) is 0 Å². The van der Waals surface area contributed by atoms with E-state index in [1.807, 2.05) is 47.9 Å². The molecule has 0 radical (unpaired) electrons. The summed E-state index contributed by atoms with van der Waals surface area (Å²) in [7, 11) is 1.59. The van der Waals surface area contributed by atoms with E-state index in [1.54, 1.807) is 14.0 Å². The Kier molecular flexibility index (Phi) is 5.06.